The Hall–Kier alpha value is -7.04. The van der Waals surface area contributed by atoms with Gasteiger partial charge in [-0.1, -0.05) is 109 Å². The Labute approximate surface area is 300 Å². The van der Waals surface area contributed by atoms with Crippen molar-refractivity contribution in [1.82, 2.24) is 4.57 Å². The summed E-state index contributed by atoms with van der Waals surface area (Å²) in [5, 5.41) is 4.56. The Morgan fingerprint density at radius 2 is 1.12 bits per heavy atom. The molecule has 0 amide bonds. The average molecular weight is 667 g/mol. The maximum absolute atomic E-state index is 6.40. The van der Waals surface area contributed by atoms with Crippen LogP contribution in [0, 0.1) is 0 Å². The molecule has 4 heteroatoms. The molecule has 0 bridgehead atoms. The second-order valence-corrected chi connectivity index (χ2v) is 13.3. The van der Waals surface area contributed by atoms with E-state index >= 15 is 0 Å². The lowest BCUT2D eigenvalue weighted by Crippen LogP contribution is -2.11. The average Bonchev–Trinajstić information content (AvgIpc) is 3.75. The van der Waals surface area contributed by atoms with Gasteiger partial charge in [0.2, 0.25) is 0 Å². The summed E-state index contributed by atoms with van der Waals surface area (Å²) in [6.45, 7) is 0. The number of fused-ring (bicyclic) bond motifs is 8. The minimum absolute atomic E-state index is 0.866. The van der Waals surface area contributed by atoms with Crippen molar-refractivity contribution < 1.29 is 9.15 Å². The monoisotopic (exact) mass is 666 g/mol. The second-order valence-electron chi connectivity index (χ2n) is 13.3. The first-order chi connectivity index (χ1) is 25.8. The van der Waals surface area contributed by atoms with Gasteiger partial charge in [0.1, 0.15) is 11.2 Å². The molecule has 1 aliphatic heterocycles. The molecule has 0 saturated heterocycles. The van der Waals surface area contributed by atoms with Crippen LogP contribution in [0.2, 0.25) is 0 Å². The van der Waals surface area contributed by atoms with Crippen LogP contribution in [0.4, 0.5) is 17.1 Å². The Kier molecular flexibility index (Phi) is 6.22. The van der Waals surface area contributed by atoms with Gasteiger partial charge in [-0.15, -0.1) is 0 Å². The van der Waals surface area contributed by atoms with E-state index in [2.05, 4.69) is 167 Å². The molecule has 4 nitrogen and oxygen atoms in total. The minimum Gasteiger partial charge on any atom is -0.456 e. The standard InChI is InChI=1S/C48H30N2O2/c1-2-11-31(12-3-1)32-21-24-34(25-22-32)49(35-26-28-45-40(30-35)37-14-5-8-18-44(37)51-45)41-16-6-4-13-36(41)33-23-27-42-39(29-33)38-15-10-20-47-48(38)50(42)43-17-7-9-19-46(43)52-47/h1-30H. The van der Waals surface area contributed by atoms with Crippen LogP contribution < -0.4 is 9.64 Å². The van der Waals surface area contributed by atoms with Gasteiger partial charge >= 0.3 is 0 Å². The van der Waals surface area contributed by atoms with E-state index in [0.717, 1.165) is 78.3 Å². The molecule has 0 fully saturated rings. The van der Waals surface area contributed by atoms with Crippen molar-refractivity contribution in [3.8, 4) is 39.4 Å². The predicted octanol–water partition coefficient (Wildman–Crippen LogP) is 13.6. The van der Waals surface area contributed by atoms with E-state index in [1.54, 1.807) is 0 Å². The number of hydrogen-bond acceptors (Lipinski definition) is 3. The Morgan fingerprint density at radius 1 is 0.423 bits per heavy atom. The Balaban J connectivity index is 1.12. The van der Waals surface area contributed by atoms with Gasteiger partial charge in [-0.2, -0.15) is 0 Å². The summed E-state index contributed by atoms with van der Waals surface area (Å²) in [6, 6.07) is 64.4. The number of para-hydroxylation sites is 5. The van der Waals surface area contributed by atoms with Gasteiger partial charge in [-0.25, -0.2) is 0 Å². The van der Waals surface area contributed by atoms with Crippen LogP contribution in [-0.4, -0.2) is 4.57 Å². The lowest BCUT2D eigenvalue weighted by Gasteiger charge is -2.28. The van der Waals surface area contributed by atoms with Crippen molar-refractivity contribution in [3.05, 3.63) is 182 Å². The van der Waals surface area contributed by atoms with Gasteiger partial charge in [0, 0.05) is 38.5 Å². The number of anilines is 3. The Bertz CT molecular complexity index is 2990. The number of furan rings is 1. The third-order valence-electron chi connectivity index (χ3n) is 10.4. The lowest BCUT2D eigenvalue weighted by atomic mass is 9.99. The van der Waals surface area contributed by atoms with E-state index in [-0.39, 0.29) is 0 Å². The molecule has 0 N–H and O–H groups in total. The molecule has 8 aromatic carbocycles. The van der Waals surface area contributed by atoms with Crippen LogP contribution in [0.1, 0.15) is 0 Å². The molecule has 0 spiro atoms. The highest BCUT2D eigenvalue weighted by molar-refractivity contribution is 6.13. The molecule has 0 aliphatic carbocycles. The van der Waals surface area contributed by atoms with E-state index in [4.69, 9.17) is 9.15 Å². The summed E-state index contributed by atoms with van der Waals surface area (Å²) in [5.41, 5.74) is 12.9. The van der Waals surface area contributed by atoms with Crippen molar-refractivity contribution in [2.45, 2.75) is 0 Å². The quantitative estimate of drug-likeness (QED) is 0.183. The molecule has 244 valence electrons. The molecular weight excluding hydrogens is 637 g/mol. The van der Waals surface area contributed by atoms with Crippen molar-refractivity contribution >= 4 is 60.8 Å². The summed E-state index contributed by atoms with van der Waals surface area (Å²) >= 11 is 0. The van der Waals surface area contributed by atoms with Crippen LogP contribution in [-0.2, 0) is 0 Å². The molecule has 3 heterocycles. The first kappa shape index (κ1) is 28.8. The van der Waals surface area contributed by atoms with Crippen LogP contribution in [0.5, 0.6) is 11.5 Å². The SMILES string of the molecule is c1ccc(-c2ccc(N(c3ccc4oc5ccccc5c4c3)c3ccccc3-c3ccc4c(c3)c3cccc5c3n4-c3ccccc3O5)cc2)cc1. The van der Waals surface area contributed by atoms with E-state index in [9.17, 15) is 0 Å². The summed E-state index contributed by atoms with van der Waals surface area (Å²) < 4.78 is 15.0. The molecule has 0 saturated carbocycles. The highest BCUT2D eigenvalue weighted by atomic mass is 16.5. The number of hydrogen-bond donors (Lipinski definition) is 0. The highest BCUT2D eigenvalue weighted by Gasteiger charge is 2.24. The molecule has 11 rings (SSSR count). The second kappa shape index (κ2) is 11.2. The molecule has 10 aromatic rings. The summed E-state index contributed by atoms with van der Waals surface area (Å²) in [4.78, 5) is 2.37. The summed E-state index contributed by atoms with van der Waals surface area (Å²) in [7, 11) is 0. The fourth-order valence-electron chi connectivity index (χ4n) is 8.01. The van der Waals surface area contributed by atoms with Crippen LogP contribution in [0.25, 0.3) is 71.7 Å². The molecule has 0 radical (unpaired) electrons. The van der Waals surface area contributed by atoms with Crippen LogP contribution in [0.15, 0.2) is 186 Å². The maximum Gasteiger partial charge on any atom is 0.152 e. The van der Waals surface area contributed by atoms with Crippen molar-refractivity contribution in [1.29, 1.82) is 0 Å². The van der Waals surface area contributed by atoms with Gasteiger partial charge in [0.05, 0.1) is 22.4 Å². The number of aromatic nitrogens is 1. The fraction of sp³-hybridized carbons (Fsp3) is 0. The zero-order valence-electron chi connectivity index (χ0n) is 28.0. The smallest absolute Gasteiger partial charge is 0.152 e. The number of rotatable bonds is 5. The normalized spacial score (nSPS) is 12.0. The van der Waals surface area contributed by atoms with Gasteiger partial charge < -0.3 is 18.6 Å². The van der Waals surface area contributed by atoms with E-state index in [0.29, 0.717) is 0 Å². The predicted molar refractivity (Wildman–Crippen MR) is 214 cm³/mol. The topological polar surface area (TPSA) is 30.5 Å². The number of nitrogens with zero attached hydrogens (tertiary/aromatic N) is 2. The largest absolute Gasteiger partial charge is 0.456 e. The Morgan fingerprint density at radius 3 is 2.04 bits per heavy atom. The third kappa shape index (κ3) is 4.34. The molecule has 52 heavy (non-hydrogen) atoms. The fourth-order valence-corrected chi connectivity index (χ4v) is 8.01. The van der Waals surface area contributed by atoms with Gasteiger partial charge in [-0.05, 0) is 89.5 Å². The zero-order valence-corrected chi connectivity index (χ0v) is 28.0. The first-order valence-electron chi connectivity index (χ1n) is 17.6. The van der Waals surface area contributed by atoms with Crippen molar-refractivity contribution in [3.63, 3.8) is 0 Å². The minimum atomic E-state index is 0.866. The summed E-state index contributed by atoms with van der Waals surface area (Å²) in [6.07, 6.45) is 0. The van der Waals surface area contributed by atoms with Crippen LogP contribution >= 0.6 is 0 Å². The first-order valence-corrected chi connectivity index (χ1v) is 17.6. The highest BCUT2D eigenvalue weighted by Crippen LogP contribution is 2.48. The van der Waals surface area contributed by atoms with Crippen LogP contribution in [0.3, 0.4) is 0 Å². The molecular formula is C48H30N2O2. The van der Waals surface area contributed by atoms with Gasteiger partial charge in [0.15, 0.2) is 11.5 Å². The van der Waals surface area contributed by atoms with E-state index in [1.165, 1.54) is 21.9 Å². The maximum atomic E-state index is 6.40. The van der Waals surface area contributed by atoms with Gasteiger partial charge in [-0.3, -0.25) is 0 Å². The lowest BCUT2D eigenvalue weighted by molar-refractivity contribution is 0.476. The summed E-state index contributed by atoms with van der Waals surface area (Å²) in [5.74, 6) is 1.74. The van der Waals surface area contributed by atoms with E-state index < -0.39 is 0 Å². The molecule has 1 aliphatic rings. The molecule has 0 atom stereocenters. The zero-order chi connectivity index (χ0) is 34.2. The molecule has 0 unspecified atom stereocenters. The molecule has 2 aromatic heterocycles. The van der Waals surface area contributed by atoms with Crippen molar-refractivity contribution in [2.24, 2.45) is 0 Å². The third-order valence-corrected chi connectivity index (χ3v) is 10.4. The number of benzene rings is 8. The van der Waals surface area contributed by atoms with Crippen molar-refractivity contribution in [2.75, 3.05) is 4.90 Å². The van der Waals surface area contributed by atoms with Gasteiger partial charge in [0.25, 0.3) is 0 Å². The number of ether oxygens (including phenoxy) is 1. The van der Waals surface area contributed by atoms with E-state index in [1.807, 2.05) is 24.3 Å².